The van der Waals surface area contributed by atoms with Crippen molar-refractivity contribution in [3.63, 3.8) is 0 Å². The smallest absolute Gasteiger partial charge is 0.355 e. The molecule has 1 N–H and O–H groups in total. The van der Waals surface area contributed by atoms with Crippen LogP contribution in [0.25, 0.3) is 10.6 Å². The van der Waals surface area contributed by atoms with Crippen molar-refractivity contribution in [2.45, 2.75) is 25.9 Å². The monoisotopic (exact) mass is 275 g/mol. The van der Waals surface area contributed by atoms with E-state index in [2.05, 4.69) is 4.98 Å². The summed E-state index contributed by atoms with van der Waals surface area (Å²) in [5.41, 5.74) is 1.88. The van der Waals surface area contributed by atoms with Crippen molar-refractivity contribution in [1.29, 1.82) is 0 Å². The van der Waals surface area contributed by atoms with E-state index in [-0.39, 0.29) is 11.3 Å². The summed E-state index contributed by atoms with van der Waals surface area (Å²) in [7, 11) is 0. The molecule has 1 aliphatic heterocycles. The minimum absolute atomic E-state index is 0.0786. The van der Waals surface area contributed by atoms with E-state index in [0.29, 0.717) is 5.01 Å². The lowest BCUT2D eigenvalue weighted by molar-refractivity contribution is 0.0691. The van der Waals surface area contributed by atoms with Gasteiger partial charge in [0, 0.05) is 11.8 Å². The highest BCUT2D eigenvalue weighted by Gasteiger charge is 2.32. The predicted octanol–water partition coefficient (Wildman–Crippen LogP) is 3.22. The lowest BCUT2D eigenvalue weighted by Crippen LogP contribution is -2.24. The van der Waals surface area contributed by atoms with Crippen LogP contribution in [0.2, 0.25) is 0 Å². The van der Waals surface area contributed by atoms with Crippen LogP contribution in [0.5, 0.6) is 5.75 Å². The lowest BCUT2D eigenvalue weighted by atomic mass is 10.0. The maximum Gasteiger partial charge on any atom is 0.355 e. The molecule has 2 heterocycles. The minimum Gasteiger partial charge on any atom is -0.486 e. The Morgan fingerprint density at radius 2 is 2.26 bits per heavy atom. The molecule has 0 bridgehead atoms. The quantitative estimate of drug-likeness (QED) is 0.914. The SMILES string of the molecule is CC1(C)Cc2cccc(-c3nc(C(=O)O)cs3)c2O1. The molecule has 2 aromatic rings. The number of nitrogens with zero attached hydrogens (tertiary/aromatic N) is 1. The Morgan fingerprint density at radius 3 is 2.95 bits per heavy atom. The lowest BCUT2D eigenvalue weighted by Gasteiger charge is -2.17. The molecule has 1 aromatic carbocycles. The highest BCUT2D eigenvalue weighted by atomic mass is 32.1. The predicted molar refractivity (Wildman–Crippen MR) is 72.9 cm³/mol. The van der Waals surface area contributed by atoms with Gasteiger partial charge in [-0.15, -0.1) is 11.3 Å². The second-order valence-electron chi connectivity index (χ2n) is 5.18. The molecular formula is C14H13NO3S. The molecule has 1 aliphatic rings. The van der Waals surface area contributed by atoms with Crippen LogP contribution in [0.4, 0.5) is 0 Å². The van der Waals surface area contributed by atoms with Crippen molar-refractivity contribution >= 4 is 17.3 Å². The summed E-state index contributed by atoms with van der Waals surface area (Å²) in [6.07, 6.45) is 0.855. The zero-order chi connectivity index (χ0) is 13.6. The first kappa shape index (κ1) is 12.2. The molecule has 0 radical (unpaired) electrons. The summed E-state index contributed by atoms with van der Waals surface area (Å²) >= 11 is 1.33. The number of hydrogen-bond acceptors (Lipinski definition) is 4. The Labute approximate surface area is 114 Å². The highest BCUT2D eigenvalue weighted by molar-refractivity contribution is 7.13. The molecule has 0 aliphatic carbocycles. The maximum atomic E-state index is 10.9. The zero-order valence-electron chi connectivity index (χ0n) is 10.6. The van der Waals surface area contributed by atoms with Crippen LogP contribution in [0.3, 0.4) is 0 Å². The summed E-state index contributed by atoms with van der Waals surface area (Å²) < 4.78 is 5.97. The van der Waals surface area contributed by atoms with Gasteiger partial charge < -0.3 is 9.84 Å². The molecule has 1 aromatic heterocycles. The van der Waals surface area contributed by atoms with Gasteiger partial charge in [0.2, 0.25) is 0 Å². The molecule has 0 atom stereocenters. The first-order valence-corrected chi connectivity index (χ1v) is 6.84. The number of benzene rings is 1. The van der Waals surface area contributed by atoms with Crippen molar-refractivity contribution in [2.75, 3.05) is 0 Å². The van der Waals surface area contributed by atoms with E-state index in [1.54, 1.807) is 5.38 Å². The number of ether oxygens (including phenoxy) is 1. The van der Waals surface area contributed by atoms with Gasteiger partial charge in [0.05, 0.1) is 5.56 Å². The molecule has 98 valence electrons. The van der Waals surface area contributed by atoms with Crippen molar-refractivity contribution < 1.29 is 14.6 Å². The van der Waals surface area contributed by atoms with Crippen LogP contribution < -0.4 is 4.74 Å². The summed E-state index contributed by atoms with van der Waals surface area (Å²) in [6.45, 7) is 4.09. The van der Waals surface area contributed by atoms with Gasteiger partial charge >= 0.3 is 5.97 Å². The first-order chi connectivity index (χ1) is 8.96. The number of hydrogen-bond donors (Lipinski definition) is 1. The molecule has 0 unspecified atom stereocenters. The van der Waals surface area contributed by atoms with Crippen molar-refractivity contribution in [1.82, 2.24) is 4.98 Å². The summed E-state index contributed by atoms with van der Waals surface area (Å²) in [5, 5.41) is 11.2. The molecule has 0 saturated carbocycles. The fraction of sp³-hybridized carbons (Fsp3) is 0.286. The van der Waals surface area contributed by atoms with Gasteiger partial charge in [0.15, 0.2) is 5.69 Å². The second-order valence-corrected chi connectivity index (χ2v) is 6.03. The van der Waals surface area contributed by atoms with Gasteiger partial charge in [0.1, 0.15) is 16.4 Å². The standard InChI is InChI=1S/C14H13NO3S/c1-14(2)6-8-4-3-5-9(11(8)18-14)12-15-10(7-19-12)13(16)17/h3-5,7H,6H2,1-2H3,(H,16,17). The van der Waals surface area contributed by atoms with Crippen LogP contribution in [-0.2, 0) is 6.42 Å². The molecule has 5 heteroatoms. The molecule has 19 heavy (non-hydrogen) atoms. The molecule has 3 rings (SSSR count). The molecule has 4 nitrogen and oxygen atoms in total. The number of carbonyl (C=O) groups is 1. The van der Waals surface area contributed by atoms with Crippen LogP contribution in [0, 0.1) is 0 Å². The van der Waals surface area contributed by atoms with Crippen LogP contribution in [0.15, 0.2) is 23.6 Å². The number of carboxylic acid groups (broad SMARTS) is 1. The first-order valence-electron chi connectivity index (χ1n) is 5.96. The number of rotatable bonds is 2. The molecule has 0 fully saturated rings. The van der Waals surface area contributed by atoms with Crippen LogP contribution in [0.1, 0.15) is 29.9 Å². The number of fused-ring (bicyclic) bond motifs is 1. The number of aromatic nitrogens is 1. The van der Waals surface area contributed by atoms with Gasteiger partial charge in [-0.05, 0) is 25.5 Å². The number of aromatic carboxylic acids is 1. The van der Waals surface area contributed by atoms with E-state index in [9.17, 15) is 4.79 Å². The third kappa shape index (κ3) is 2.10. The Balaban J connectivity index is 2.07. The largest absolute Gasteiger partial charge is 0.486 e. The van der Waals surface area contributed by atoms with E-state index in [0.717, 1.165) is 23.3 Å². The van der Waals surface area contributed by atoms with Crippen molar-refractivity contribution in [2.24, 2.45) is 0 Å². The number of thiazole rings is 1. The van der Waals surface area contributed by atoms with E-state index in [4.69, 9.17) is 9.84 Å². The minimum atomic E-state index is -1.00. The van der Waals surface area contributed by atoms with E-state index in [1.165, 1.54) is 11.3 Å². The normalized spacial score (nSPS) is 15.9. The summed E-state index contributed by atoms with van der Waals surface area (Å²) in [6, 6.07) is 5.92. The topological polar surface area (TPSA) is 59.4 Å². The van der Waals surface area contributed by atoms with Gasteiger partial charge in [-0.3, -0.25) is 0 Å². The summed E-state index contributed by atoms with van der Waals surface area (Å²) in [4.78, 5) is 15.0. The fourth-order valence-electron chi connectivity index (χ4n) is 2.28. The average molecular weight is 275 g/mol. The van der Waals surface area contributed by atoms with E-state index >= 15 is 0 Å². The molecule has 0 amide bonds. The van der Waals surface area contributed by atoms with Crippen molar-refractivity contribution in [3.05, 3.63) is 34.8 Å². The summed E-state index contributed by atoms with van der Waals surface area (Å²) in [5.74, 6) is -0.171. The second kappa shape index (κ2) is 4.06. The van der Waals surface area contributed by atoms with Gasteiger partial charge in [0.25, 0.3) is 0 Å². The molecule has 0 spiro atoms. The fourth-order valence-corrected chi connectivity index (χ4v) is 3.10. The Kier molecular flexibility index (Phi) is 2.60. The molecular weight excluding hydrogens is 262 g/mol. The maximum absolute atomic E-state index is 10.9. The van der Waals surface area contributed by atoms with Gasteiger partial charge in [-0.25, -0.2) is 9.78 Å². The average Bonchev–Trinajstić information content (AvgIpc) is 2.90. The zero-order valence-corrected chi connectivity index (χ0v) is 11.5. The van der Waals surface area contributed by atoms with Gasteiger partial charge in [-0.1, -0.05) is 12.1 Å². The Morgan fingerprint density at radius 1 is 1.47 bits per heavy atom. The van der Waals surface area contributed by atoms with E-state index in [1.807, 2.05) is 32.0 Å². The Hall–Kier alpha value is -1.88. The number of carboxylic acids is 1. The van der Waals surface area contributed by atoms with Crippen LogP contribution in [-0.4, -0.2) is 21.7 Å². The van der Waals surface area contributed by atoms with Crippen LogP contribution >= 0.6 is 11.3 Å². The highest BCUT2D eigenvalue weighted by Crippen LogP contribution is 2.42. The Bertz CT molecular complexity index is 660. The third-order valence-electron chi connectivity index (χ3n) is 3.04. The van der Waals surface area contributed by atoms with Gasteiger partial charge in [-0.2, -0.15) is 0 Å². The molecule has 0 saturated heterocycles. The number of para-hydroxylation sites is 1. The third-order valence-corrected chi connectivity index (χ3v) is 3.92. The van der Waals surface area contributed by atoms with Crippen molar-refractivity contribution in [3.8, 4) is 16.3 Å². The van der Waals surface area contributed by atoms with E-state index < -0.39 is 5.97 Å².